The first-order valence-corrected chi connectivity index (χ1v) is 11.9. The third-order valence-electron chi connectivity index (χ3n) is 7.40. The van der Waals surface area contributed by atoms with Crippen LogP contribution in [0.4, 0.5) is 5.69 Å². The minimum absolute atomic E-state index is 0.0823. The maximum Gasteiger partial charge on any atom is 0.198 e. The van der Waals surface area contributed by atoms with Crippen LogP contribution in [0, 0.1) is 0 Å². The van der Waals surface area contributed by atoms with Gasteiger partial charge in [-0.15, -0.1) is 0 Å². The number of ketones is 2. The third-order valence-corrected chi connectivity index (χ3v) is 7.40. The fourth-order valence-electron chi connectivity index (χ4n) is 5.77. The molecule has 6 rings (SSSR count). The number of hydrogen-bond donors (Lipinski definition) is 4. The smallest absolute Gasteiger partial charge is 0.198 e. The number of likely N-dealkylation sites (N-methyl/N-ethyl adjacent to an activating group) is 1. The van der Waals surface area contributed by atoms with E-state index in [1.165, 1.54) is 6.42 Å². The maximum absolute atomic E-state index is 13.7. The molecule has 4 N–H and O–H groups in total. The number of carbonyl (C=O) groups is 2. The SMILES string of the molecule is CN(C)CCNc1c2c(c(O)c3[nH]cc(CN4CC5CCC4N5)c13)C(=O)c1ccccc1C2=O. The Hall–Kier alpha value is -3.20. The van der Waals surface area contributed by atoms with Crippen LogP contribution in [0.15, 0.2) is 30.5 Å². The third kappa shape index (κ3) is 3.17. The van der Waals surface area contributed by atoms with E-state index in [9.17, 15) is 14.7 Å². The molecule has 176 valence electrons. The van der Waals surface area contributed by atoms with Crippen LogP contribution in [-0.4, -0.2) is 77.4 Å². The van der Waals surface area contributed by atoms with E-state index in [0.29, 0.717) is 47.6 Å². The Morgan fingerprint density at radius 3 is 2.50 bits per heavy atom. The molecule has 0 spiro atoms. The second kappa shape index (κ2) is 7.94. The second-order valence-corrected chi connectivity index (χ2v) is 9.86. The van der Waals surface area contributed by atoms with Crippen LogP contribution in [0.1, 0.15) is 50.2 Å². The van der Waals surface area contributed by atoms with Crippen molar-refractivity contribution in [3.05, 3.63) is 58.3 Å². The van der Waals surface area contributed by atoms with Crippen LogP contribution in [0.2, 0.25) is 0 Å². The molecule has 2 fully saturated rings. The van der Waals surface area contributed by atoms with Crippen molar-refractivity contribution in [1.82, 2.24) is 20.1 Å². The molecular weight excluding hydrogens is 430 g/mol. The molecular formula is C26H29N5O3. The Balaban J connectivity index is 1.52. The van der Waals surface area contributed by atoms with Crippen LogP contribution >= 0.6 is 0 Å². The maximum atomic E-state index is 13.7. The lowest BCUT2D eigenvalue weighted by Gasteiger charge is -2.26. The molecule has 8 heteroatoms. The van der Waals surface area contributed by atoms with Crippen LogP contribution in [0.3, 0.4) is 0 Å². The van der Waals surface area contributed by atoms with Crippen molar-refractivity contribution in [3.8, 4) is 5.75 Å². The van der Waals surface area contributed by atoms with Crippen molar-refractivity contribution in [2.75, 3.05) is 39.0 Å². The zero-order valence-electron chi connectivity index (χ0n) is 19.4. The van der Waals surface area contributed by atoms with Gasteiger partial charge in [-0.1, -0.05) is 24.3 Å². The highest BCUT2D eigenvalue weighted by Gasteiger charge is 2.39. The van der Waals surface area contributed by atoms with E-state index in [0.717, 1.165) is 30.5 Å². The molecule has 2 bridgehead atoms. The van der Waals surface area contributed by atoms with Crippen molar-refractivity contribution >= 4 is 28.2 Å². The quantitative estimate of drug-likeness (QED) is 0.329. The normalized spacial score (nSPS) is 21.5. The van der Waals surface area contributed by atoms with Crippen molar-refractivity contribution in [1.29, 1.82) is 0 Å². The Labute approximate surface area is 197 Å². The average Bonchev–Trinajstić information content (AvgIpc) is 3.55. The summed E-state index contributed by atoms with van der Waals surface area (Å²) >= 11 is 0. The molecule has 2 unspecified atom stereocenters. The number of piperidine rings is 1. The first kappa shape index (κ1) is 21.3. The molecule has 8 nitrogen and oxygen atoms in total. The van der Waals surface area contributed by atoms with Gasteiger partial charge in [0.15, 0.2) is 17.3 Å². The first-order chi connectivity index (χ1) is 16.4. The molecule has 0 saturated carbocycles. The van der Waals surface area contributed by atoms with Crippen LogP contribution < -0.4 is 10.6 Å². The van der Waals surface area contributed by atoms with Gasteiger partial charge >= 0.3 is 0 Å². The lowest BCUT2D eigenvalue weighted by molar-refractivity contribution is 0.0977. The summed E-state index contributed by atoms with van der Waals surface area (Å²) in [6.07, 6.45) is 4.60. The predicted octanol–water partition coefficient (Wildman–Crippen LogP) is 2.52. The van der Waals surface area contributed by atoms with E-state index in [1.54, 1.807) is 24.3 Å². The number of nitrogens with zero attached hydrogens (tertiary/aromatic N) is 2. The number of anilines is 1. The summed E-state index contributed by atoms with van der Waals surface area (Å²) in [6, 6.07) is 7.38. The molecule has 2 atom stereocenters. The van der Waals surface area contributed by atoms with Gasteiger partial charge in [-0.05, 0) is 32.5 Å². The first-order valence-electron chi connectivity index (χ1n) is 11.9. The number of phenolic OH excluding ortho intramolecular Hbond substituents is 1. The monoisotopic (exact) mass is 459 g/mol. The molecule has 3 aliphatic rings. The second-order valence-electron chi connectivity index (χ2n) is 9.86. The number of rotatable bonds is 6. The molecule has 34 heavy (non-hydrogen) atoms. The van der Waals surface area contributed by atoms with E-state index in [1.807, 2.05) is 20.3 Å². The standard InChI is InChI=1S/C26H29N5O3/c1-30(2)10-9-27-22-19-14(12-31-13-15-7-8-18(31)29-15)11-28-23(19)26(34)21-20(22)24(32)16-5-3-4-6-17(16)25(21)33/h3-6,11,15,18,27-29,34H,7-10,12-13H2,1-2H3. The Morgan fingerprint density at radius 2 is 1.85 bits per heavy atom. The molecule has 1 aliphatic carbocycles. The van der Waals surface area contributed by atoms with Crippen LogP contribution in [0.25, 0.3) is 10.9 Å². The number of aromatic hydroxyl groups is 1. The number of H-pyrrole nitrogens is 1. The van der Waals surface area contributed by atoms with E-state index in [4.69, 9.17) is 0 Å². The number of hydrogen-bond acceptors (Lipinski definition) is 7. The van der Waals surface area contributed by atoms with Crippen molar-refractivity contribution in [3.63, 3.8) is 0 Å². The van der Waals surface area contributed by atoms with Crippen LogP contribution in [-0.2, 0) is 6.54 Å². The summed E-state index contributed by atoms with van der Waals surface area (Å²) < 4.78 is 0. The van der Waals surface area contributed by atoms with Gasteiger partial charge in [0.05, 0.1) is 28.5 Å². The number of likely N-dealkylation sites (tertiary alicyclic amines) is 1. The number of fused-ring (bicyclic) bond motifs is 5. The summed E-state index contributed by atoms with van der Waals surface area (Å²) in [4.78, 5) is 34.8. The molecule has 0 amide bonds. The molecule has 0 radical (unpaired) electrons. The Bertz CT molecular complexity index is 1330. The van der Waals surface area contributed by atoms with Gasteiger partial charge in [0, 0.05) is 54.9 Å². The number of aromatic amines is 1. The average molecular weight is 460 g/mol. The largest absolute Gasteiger partial charge is 0.505 e. The molecule has 1 aromatic heterocycles. The molecule has 2 saturated heterocycles. The lowest BCUT2D eigenvalue weighted by atomic mass is 9.81. The van der Waals surface area contributed by atoms with Gasteiger partial charge in [0.2, 0.25) is 0 Å². The van der Waals surface area contributed by atoms with E-state index < -0.39 is 0 Å². The topological polar surface area (TPSA) is 101 Å². The highest BCUT2D eigenvalue weighted by molar-refractivity contribution is 6.33. The Morgan fingerprint density at radius 1 is 1.12 bits per heavy atom. The van der Waals surface area contributed by atoms with Crippen LogP contribution in [0.5, 0.6) is 5.75 Å². The molecule has 3 heterocycles. The minimum Gasteiger partial charge on any atom is -0.505 e. The summed E-state index contributed by atoms with van der Waals surface area (Å²) in [5.41, 5.74) is 3.21. The molecule has 2 aromatic carbocycles. The Kier molecular flexibility index (Phi) is 4.98. The number of aromatic nitrogens is 1. The van der Waals surface area contributed by atoms with Gasteiger partial charge in [-0.2, -0.15) is 0 Å². The summed E-state index contributed by atoms with van der Waals surface area (Å²) in [5, 5.41) is 19.1. The fraction of sp³-hybridized carbons (Fsp3) is 0.385. The minimum atomic E-state index is -0.322. The molecule has 2 aliphatic heterocycles. The number of carbonyl (C=O) groups excluding carboxylic acids is 2. The highest BCUT2D eigenvalue weighted by atomic mass is 16.3. The van der Waals surface area contributed by atoms with Gasteiger partial charge in [-0.25, -0.2) is 0 Å². The van der Waals surface area contributed by atoms with Crippen molar-refractivity contribution < 1.29 is 14.7 Å². The fourth-order valence-corrected chi connectivity index (χ4v) is 5.77. The van der Waals surface area contributed by atoms with Gasteiger partial charge < -0.3 is 20.3 Å². The number of phenols is 1. The van der Waals surface area contributed by atoms with Crippen molar-refractivity contribution in [2.45, 2.75) is 31.6 Å². The van der Waals surface area contributed by atoms with E-state index in [2.05, 4.69) is 25.4 Å². The van der Waals surface area contributed by atoms with Gasteiger partial charge in [0.1, 0.15) is 0 Å². The van der Waals surface area contributed by atoms with Gasteiger partial charge in [0.25, 0.3) is 0 Å². The summed E-state index contributed by atoms with van der Waals surface area (Å²) in [5.74, 6) is -0.704. The van der Waals surface area contributed by atoms with E-state index >= 15 is 0 Å². The highest BCUT2D eigenvalue weighted by Crippen LogP contribution is 2.45. The lowest BCUT2D eigenvalue weighted by Crippen LogP contribution is -2.34. The number of benzene rings is 2. The van der Waals surface area contributed by atoms with Crippen molar-refractivity contribution in [2.24, 2.45) is 0 Å². The summed E-state index contributed by atoms with van der Waals surface area (Å²) in [7, 11) is 3.98. The van der Waals surface area contributed by atoms with E-state index in [-0.39, 0.29) is 28.4 Å². The van der Waals surface area contributed by atoms with Gasteiger partial charge in [-0.3, -0.25) is 19.8 Å². The zero-order valence-corrected chi connectivity index (χ0v) is 19.4. The number of nitrogens with one attached hydrogen (secondary N) is 3. The molecule has 3 aromatic rings. The predicted molar refractivity (Wildman–Crippen MR) is 131 cm³/mol. The summed E-state index contributed by atoms with van der Waals surface area (Å²) in [6.45, 7) is 3.05. The zero-order chi connectivity index (χ0) is 23.6.